The molecular formula is C15H37O5P5S2. The monoisotopic (exact) mass is 516 g/mol. The predicted octanol–water partition coefficient (Wildman–Crippen LogP) is 6.37. The Morgan fingerprint density at radius 3 is 1.93 bits per heavy atom. The molecule has 0 aromatic heterocycles. The molecule has 164 valence electrons. The van der Waals surface area contributed by atoms with Gasteiger partial charge in [0.25, 0.3) is 0 Å². The van der Waals surface area contributed by atoms with Crippen molar-refractivity contribution in [2.45, 2.75) is 47.0 Å². The molecule has 0 bridgehead atoms. The van der Waals surface area contributed by atoms with Crippen LogP contribution in [0.3, 0.4) is 0 Å². The van der Waals surface area contributed by atoms with E-state index in [1.54, 1.807) is 0 Å². The van der Waals surface area contributed by atoms with E-state index in [1.807, 2.05) is 37.4 Å². The van der Waals surface area contributed by atoms with Crippen LogP contribution >= 0.6 is 64.7 Å². The Kier molecular flexibility index (Phi) is 16.7. The van der Waals surface area contributed by atoms with Gasteiger partial charge in [0, 0.05) is 0 Å². The molecule has 0 aliphatic rings. The van der Waals surface area contributed by atoms with Crippen molar-refractivity contribution in [2.75, 3.05) is 36.2 Å². The van der Waals surface area contributed by atoms with E-state index in [0.29, 0.717) is 0 Å². The maximum Gasteiger partial charge on any atom is 0.469 e. The van der Waals surface area contributed by atoms with E-state index in [0.717, 1.165) is 32.5 Å². The first-order valence-corrected chi connectivity index (χ1v) is 19.2. The number of thioether (sulfide) groups is 2. The molecule has 0 saturated heterocycles. The van der Waals surface area contributed by atoms with Crippen molar-refractivity contribution in [3.63, 3.8) is 0 Å². The molecule has 0 amide bonds. The summed E-state index contributed by atoms with van der Waals surface area (Å²) in [7, 11) is 1.65. The van der Waals surface area contributed by atoms with Crippen LogP contribution in [0, 0.1) is 10.8 Å². The van der Waals surface area contributed by atoms with Gasteiger partial charge in [-0.05, 0) is 61.1 Å². The lowest BCUT2D eigenvalue weighted by atomic mass is 9.92. The van der Waals surface area contributed by atoms with Gasteiger partial charge < -0.3 is 14.3 Å². The van der Waals surface area contributed by atoms with Crippen molar-refractivity contribution in [1.82, 2.24) is 0 Å². The number of rotatable bonds is 17. The van der Waals surface area contributed by atoms with Crippen molar-refractivity contribution >= 4 is 64.7 Å². The molecule has 12 heteroatoms. The second-order valence-corrected chi connectivity index (χ2v) is 20.1. The molecule has 0 aromatic rings. The van der Waals surface area contributed by atoms with Gasteiger partial charge in [0.15, 0.2) is 0 Å². The third-order valence-electron chi connectivity index (χ3n) is 3.77. The molecule has 27 heavy (non-hydrogen) atoms. The Morgan fingerprint density at radius 1 is 1.00 bits per heavy atom. The first-order valence-electron chi connectivity index (χ1n) is 8.86. The normalized spacial score (nSPS) is 15.0. The quantitative estimate of drug-likeness (QED) is 0.172. The van der Waals surface area contributed by atoms with Crippen LogP contribution in [0.15, 0.2) is 0 Å². The summed E-state index contributed by atoms with van der Waals surface area (Å²) in [6, 6.07) is 0. The van der Waals surface area contributed by atoms with E-state index < -0.39 is 7.82 Å². The molecule has 5 nitrogen and oxygen atoms in total. The Labute approximate surface area is 181 Å². The van der Waals surface area contributed by atoms with E-state index in [1.165, 1.54) is 24.3 Å². The zero-order chi connectivity index (χ0) is 21.0. The van der Waals surface area contributed by atoms with Crippen molar-refractivity contribution < 1.29 is 23.4 Å². The first-order chi connectivity index (χ1) is 12.4. The average Bonchev–Trinajstić information content (AvgIpc) is 2.56. The second kappa shape index (κ2) is 15.3. The standard InChI is InChI=1S/C15H37O5P5S2/c1-14(2,12-19-24(22)23-21)6-10-26-8-5-9-27-11-7-15(3,4)13-20-25(16,17)18/h23H,5-13,21-22H2,1-4H3,(H2,16,17,18). The highest BCUT2D eigenvalue weighted by molar-refractivity contribution is 8.59. The van der Waals surface area contributed by atoms with Gasteiger partial charge in [-0.2, -0.15) is 23.5 Å². The summed E-state index contributed by atoms with van der Waals surface area (Å²) < 4.78 is 21.3. The Hall–Kier alpha value is 2.49. The Balaban J connectivity index is 3.63. The van der Waals surface area contributed by atoms with Gasteiger partial charge in [0.2, 0.25) is 0 Å². The van der Waals surface area contributed by atoms with E-state index in [4.69, 9.17) is 14.3 Å². The Bertz CT molecular complexity index is 437. The summed E-state index contributed by atoms with van der Waals surface area (Å²) in [6.45, 7) is 9.43. The molecule has 0 fully saturated rings. The molecule has 0 saturated carbocycles. The zero-order valence-electron chi connectivity index (χ0n) is 16.8. The third-order valence-corrected chi connectivity index (χ3v) is 14.9. The lowest BCUT2D eigenvalue weighted by molar-refractivity contribution is 0.127. The van der Waals surface area contributed by atoms with E-state index in [2.05, 4.69) is 36.2 Å². The van der Waals surface area contributed by atoms with Crippen molar-refractivity contribution in [3.05, 3.63) is 0 Å². The fourth-order valence-corrected chi connectivity index (χ4v) is 6.92. The van der Waals surface area contributed by atoms with E-state index >= 15 is 0 Å². The molecule has 0 aliphatic carbocycles. The van der Waals surface area contributed by atoms with Crippen molar-refractivity contribution in [2.24, 2.45) is 10.8 Å². The zero-order valence-corrected chi connectivity index (χ0v) is 23.6. The van der Waals surface area contributed by atoms with Gasteiger partial charge in [-0.3, -0.25) is 4.52 Å². The molecule has 0 aliphatic heterocycles. The fourth-order valence-electron chi connectivity index (χ4n) is 1.85. The molecule has 0 heterocycles. The number of hydrogen-bond donors (Lipinski definition) is 2. The van der Waals surface area contributed by atoms with Gasteiger partial charge in [-0.15, -0.1) is 8.93 Å². The van der Waals surface area contributed by atoms with Crippen LogP contribution < -0.4 is 0 Å². The minimum absolute atomic E-state index is 0.0867. The summed E-state index contributed by atoms with van der Waals surface area (Å²) in [5, 5.41) is 0. The van der Waals surface area contributed by atoms with Gasteiger partial charge in [0.1, 0.15) is 0 Å². The lowest BCUT2D eigenvalue weighted by Gasteiger charge is -2.25. The summed E-state index contributed by atoms with van der Waals surface area (Å²) in [6.07, 6.45) is 3.25. The molecule has 4 unspecified atom stereocenters. The minimum Gasteiger partial charge on any atom is -0.350 e. The summed E-state index contributed by atoms with van der Waals surface area (Å²) in [5.41, 5.74) is 0.0226. The van der Waals surface area contributed by atoms with Crippen molar-refractivity contribution in [1.29, 1.82) is 0 Å². The smallest absolute Gasteiger partial charge is 0.350 e. The van der Waals surface area contributed by atoms with Crippen molar-refractivity contribution in [3.8, 4) is 0 Å². The maximum atomic E-state index is 10.8. The summed E-state index contributed by atoms with van der Waals surface area (Å²) in [5.74, 6) is 4.46. The van der Waals surface area contributed by atoms with E-state index in [-0.39, 0.29) is 25.0 Å². The highest BCUT2D eigenvalue weighted by Crippen LogP contribution is 2.67. The molecule has 2 N–H and O–H groups in total. The molecule has 0 rings (SSSR count). The molecular weight excluding hydrogens is 479 g/mol. The summed E-state index contributed by atoms with van der Waals surface area (Å²) in [4.78, 5) is 17.6. The van der Waals surface area contributed by atoms with Crippen LogP contribution in [0.2, 0.25) is 0 Å². The lowest BCUT2D eigenvalue weighted by Crippen LogP contribution is -2.19. The molecule has 0 radical (unpaired) electrons. The van der Waals surface area contributed by atoms with Crippen LogP contribution in [0.1, 0.15) is 47.0 Å². The number of phosphoric acid groups is 1. The van der Waals surface area contributed by atoms with Crippen LogP contribution in [-0.2, 0) is 13.6 Å². The third kappa shape index (κ3) is 20.2. The van der Waals surface area contributed by atoms with Gasteiger partial charge in [-0.25, -0.2) is 4.57 Å². The molecule has 0 aromatic carbocycles. The van der Waals surface area contributed by atoms with Gasteiger partial charge in [-0.1, -0.05) is 36.6 Å². The van der Waals surface area contributed by atoms with Gasteiger partial charge >= 0.3 is 7.82 Å². The number of phosphoric ester groups is 1. The topological polar surface area (TPSA) is 76.0 Å². The van der Waals surface area contributed by atoms with E-state index in [9.17, 15) is 4.57 Å². The fraction of sp³-hybridized carbons (Fsp3) is 1.00. The SMILES string of the molecule is CC(C)(CCSCCCSCCC(C)(C)COP(=O)(O)O)COP(P)PP. The molecule has 4 atom stereocenters. The highest BCUT2D eigenvalue weighted by atomic mass is 32.6. The maximum absolute atomic E-state index is 10.8. The average molecular weight is 516 g/mol. The Morgan fingerprint density at radius 2 is 1.48 bits per heavy atom. The van der Waals surface area contributed by atoms with Crippen LogP contribution in [0.4, 0.5) is 0 Å². The second-order valence-electron chi connectivity index (χ2n) is 7.90. The van der Waals surface area contributed by atoms with Gasteiger partial charge in [0.05, 0.1) is 20.7 Å². The van der Waals surface area contributed by atoms with Crippen LogP contribution in [-0.4, -0.2) is 46.0 Å². The highest BCUT2D eigenvalue weighted by Gasteiger charge is 2.23. The first kappa shape index (κ1) is 29.5. The number of hydrogen-bond acceptors (Lipinski definition) is 5. The predicted molar refractivity (Wildman–Crippen MR) is 135 cm³/mol. The van der Waals surface area contributed by atoms with Crippen LogP contribution in [0.5, 0.6) is 0 Å². The minimum atomic E-state index is -4.36. The van der Waals surface area contributed by atoms with Crippen LogP contribution in [0.25, 0.3) is 0 Å². The largest absolute Gasteiger partial charge is 0.469 e. The molecule has 0 spiro atoms. The summed E-state index contributed by atoms with van der Waals surface area (Å²) >= 11 is 3.92.